The lowest BCUT2D eigenvalue weighted by molar-refractivity contribution is -0.142. The van der Waals surface area contributed by atoms with Crippen LogP contribution in [0.15, 0.2) is 66.0 Å². The van der Waals surface area contributed by atoms with Gasteiger partial charge in [-0.25, -0.2) is 4.68 Å². The van der Waals surface area contributed by atoms with E-state index in [0.717, 1.165) is 10.4 Å². The van der Waals surface area contributed by atoms with Crippen LogP contribution in [0.5, 0.6) is 5.75 Å². The third-order valence-electron chi connectivity index (χ3n) is 5.53. The second kappa shape index (κ2) is 11.6. The number of carbonyl (C=O) groups is 2. The third kappa shape index (κ3) is 5.84. The summed E-state index contributed by atoms with van der Waals surface area (Å²) in [6.45, 7) is 0.920. The lowest BCUT2D eigenvalue weighted by atomic mass is 10.0. The fourth-order valence-electron chi connectivity index (χ4n) is 3.78. The molecule has 0 spiro atoms. The number of methoxy groups -OCH3 is 2. The Balaban J connectivity index is 1.69. The zero-order valence-corrected chi connectivity index (χ0v) is 20.4. The molecule has 182 valence electrons. The van der Waals surface area contributed by atoms with Gasteiger partial charge in [0.15, 0.2) is 0 Å². The number of carbonyl (C=O) groups excluding carboxylic acids is 2. The van der Waals surface area contributed by atoms with Gasteiger partial charge in [-0.3, -0.25) is 9.59 Å². The number of nitrogens with one attached hydrogen (secondary N) is 1. The summed E-state index contributed by atoms with van der Waals surface area (Å²) >= 11 is 1.53. The van der Waals surface area contributed by atoms with E-state index in [-0.39, 0.29) is 24.9 Å². The summed E-state index contributed by atoms with van der Waals surface area (Å²) in [5, 5.41) is 13.2. The number of fused-ring (bicyclic) bond motifs is 1. The van der Waals surface area contributed by atoms with Crippen molar-refractivity contribution in [1.29, 1.82) is 0 Å². The lowest BCUT2D eigenvalue weighted by Crippen LogP contribution is -2.45. The van der Waals surface area contributed by atoms with Crippen LogP contribution in [0.25, 0.3) is 11.0 Å². The zero-order valence-electron chi connectivity index (χ0n) is 19.6. The van der Waals surface area contributed by atoms with Crippen LogP contribution in [0.3, 0.4) is 0 Å². The van der Waals surface area contributed by atoms with Crippen molar-refractivity contribution >= 4 is 34.2 Å². The molecule has 2 aromatic carbocycles. The molecule has 35 heavy (non-hydrogen) atoms. The van der Waals surface area contributed by atoms with Crippen LogP contribution < -0.4 is 10.1 Å². The highest BCUT2D eigenvalue weighted by Gasteiger charge is 2.32. The van der Waals surface area contributed by atoms with Crippen LogP contribution in [-0.4, -0.2) is 59.1 Å². The molecule has 0 aliphatic rings. The largest absolute Gasteiger partial charge is 0.497 e. The van der Waals surface area contributed by atoms with Gasteiger partial charge in [0.05, 0.1) is 25.8 Å². The number of hydrogen-bond donors (Lipinski definition) is 1. The molecule has 10 heteroatoms. The van der Waals surface area contributed by atoms with E-state index in [1.165, 1.54) is 11.3 Å². The van der Waals surface area contributed by atoms with Crippen LogP contribution in [0.2, 0.25) is 0 Å². The second-order valence-corrected chi connectivity index (χ2v) is 8.83. The van der Waals surface area contributed by atoms with Crippen molar-refractivity contribution in [2.75, 3.05) is 27.4 Å². The van der Waals surface area contributed by atoms with E-state index in [4.69, 9.17) is 9.47 Å². The van der Waals surface area contributed by atoms with Gasteiger partial charge in [0.25, 0.3) is 0 Å². The molecular weight excluding hydrogens is 466 g/mol. The smallest absolute Gasteiger partial charge is 0.247 e. The van der Waals surface area contributed by atoms with Gasteiger partial charge in [-0.1, -0.05) is 35.5 Å². The van der Waals surface area contributed by atoms with E-state index in [1.54, 1.807) is 48.1 Å². The van der Waals surface area contributed by atoms with Gasteiger partial charge in [-0.2, -0.15) is 0 Å². The fraction of sp³-hybridized carbons (Fsp3) is 0.280. The normalized spacial score (nSPS) is 11.8. The number of para-hydroxylation sites is 1. The van der Waals surface area contributed by atoms with Crippen LogP contribution in [0.4, 0.5) is 0 Å². The molecule has 0 saturated heterocycles. The Morgan fingerprint density at radius 1 is 1.09 bits per heavy atom. The van der Waals surface area contributed by atoms with E-state index in [2.05, 4.69) is 15.6 Å². The van der Waals surface area contributed by atoms with Crippen LogP contribution in [-0.2, 0) is 27.4 Å². The molecule has 0 radical (unpaired) electrons. The van der Waals surface area contributed by atoms with Gasteiger partial charge in [-0.05, 0) is 41.3 Å². The van der Waals surface area contributed by atoms with Gasteiger partial charge in [-0.15, -0.1) is 16.4 Å². The molecule has 2 amide bonds. The highest BCUT2D eigenvalue weighted by molar-refractivity contribution is 7.09. The number of aromatic nitrogens is 3. The summed E-state index contributed by atoms with van der Waals surface area (Å²) < 4.78 is 11.9. The standard InChI is InChI=1S/C25H27N5O4S/c1-33-14-13-26-25(32)24(18-9-11-19(34-2)12-10-18)29(16-20-6-5-15-35-20)23(31)17-30-22-8-4-3-7-21(22)27-28-30/h3-12,15,24H,13-14,16-17H2,1-2H3,(H,26,32)/t24-/m1/s1. The maximum atomic E-state index is 13.8. The molecule has 0 saturated carbocycles. The van der Waals surface area contributed by atoms with E-state index >= 15 is 0 Å². The van der Waals surface area contributed by atoms with Crippen molar-refractivity contribution < 1.29 is 19.1 Å². The summed E-state index contributed by atoms with van der Waals surface area (Å²) in [6, 6.07) is 17.6. The van der Waals surface area contributed by atoms with E-state index in [0.29, 0.717) is 30.0 Å². The first-order valence-corrected chi connectivity index (χ1v) is 12.0. The monoisotopic (exact) mass is 493 g/mol. The highest BCUT2D eigenvalue weighted by atomic mass is 32.1. The number of nitrogens with zero attached hydrogens (tertiary/aromatic N) is 4. The SMILES string of the molecule is COCCNC(=O)[C@@H](c1ccc(OC)cc1)N(Cc1cccs1)C(=O)Cn1nnc2ccccc21. The molecule has 0 unspecified atom stereocenters. The molecule has 0 fully saturated rings. The van der Waals surface area contributed by atoms with E-state index in [9.17, 15) is 9.59 Å². The van der Waals surface area contributed by atoms with Gasteiger partial charge < -0.3 is 19.7 Å². The minimum absolute atomic E-state index is 0.0517. The summed E-state index contributed by atoms with van der Waals surface area (Å²) in [5.74, 6) is 0.120. The average molecular weight is 494 g/mol. The predicted molar refractivity (Wildman–Crippen MR) is 133 cm³/mol. The van der Waals surface area contributed by atoms with Crippen molar-refractivity contribution in [2.24, 2.45) is 0 Å². The zero-order chi connectivity index (χ0) is 24.6. The van der Waals surface area contributed by atoms with Gasteiger partial charge in [0.1, 0.15) is 23.9 Å². The number of amides is 2. The maximum Gasteiger partial charge on any atom is 0.247 e. The number of rotatable bonds is 11. The molecule has 1 atom stereocenters. The van der Waals surface area contributed by atoms with E-state index < -0.39 is 6.04 Å². The van der Waals surface area contributed by atoms with E-state index in [1.807, 2.05) is 41.8 Å². The molecule has 0 bridgehead atoms. The number of benzene rings is 2. The van der Waals surface area contributed by atoms with Crippen LogP contribution >= 0.6 is 11.3 Å². The number of hydrogen-bond acceptors (Lipinski definition) is 7. The van der Waals surface area contributed by atoms with Crippen molar-refractivity contribution in [2.45, 2.75) is 19.1 Å². The first kappa shape index (κ1) is 24.4. The predicted octanol–water partition coefficient (Wildman–Crippen LogP) is 3.03. The van der Waals surface area contributed by atoms with Gasteiger partial charge >= 0.3 is 0 Å². The Kier molecular flexibility index (Phi) is 8.07. The Morgan fingerprint density at radius 3 is 2.60 bits per heavy atom. The lowest BCUT2D eigenvalue weighted by Gasteiger charge is -2.31. The first-order chi connectivity index (χ1) is 17.1. The van der Waals surface area contributed by atoms with Crippen molar-refractivity contribution in [1.82, 2.24) is 25.2 Å². The van der Waals surface area contributed by atoms with Crippen molar-refractivity contribution in [3.05, 3.63) is 76.5 Å². The third-order valence-corrected chi connectivity index (χ3v) is 6.39. The minimum atomic E-state index is -0.859. The van der Waals surface area contributed by atoms with Crippen molar-refractivity contribution in [3.8, 4) is 5.75 Å². The second-order valence-electron chi connectivity index (χ2n) is 7.80. The van der Waals surface area contributed by atoms with Crippen LogP contribution in [0.1, 0.15) is 16.5 Å². The summed E-state index contributed by atoms with van der Waals surface area (Å²) in [6.07, 6.45) is 0. The maximum absolute atomic E-state index is 13.8. The average Bonchev–Trinajstić information content (AvgIpc) is 3.54. The Morgan fingerprint density at radius 2 is 1.89 bits per heavy atom. The summed E-state index contributed by atoms with van der Waals surface area (Å²) in [7, 11) is 3.15. The van der Waals surface area contributed by atoms with Crippen LogP contribution in [0, 0.1) is 0 Å². The Hall–Kier alpha value is -3.76. The quantitative estimate of drug-likeness (QED) is 0.323. The molecule has 2 aromatic heterocycles. The number of ether oxygens (including phenoxy) is 2. The molecular formula is C25H27N5O4S. The van der Waals surface area contributed by atoms with Gasteiger partial charge in [0, 0.05) is 18.5 Å². The Labute approximate surface area is 207 Å². The first-order valence-electron chi connectivity index (χ1n) is 11.1. The fourth-order valence-corrected chi connectivity index (χ4v) is 4.48. The topological polar surface area (TPSA) is 98.6 Å². The highest BCUT2D eigenvalue weighted by Crippen LogP contribution is 2.27. The van der Waals surface area contributed by atoms with Crippen molar-refractivity contribution in [3.63, 3.8) is 0 Å². The molecule has 9 nitrogen and oxygen atoms in total. The molecule has 0 aliphatic heterocycles. The molecule has 0 aliphatic carbocycles. The van der Waals surface area contributed by atoms with Gasteiger partial charge in [0.2, 0.25) is 11.8 Å². The molecule has 4 rings (SSSR count). The molecule has 4 aromatic rings. The number of thiophene rings is 1. The minimum Gasteiger partial charge on any atom is -0.497 e. The molecule has 2 heterocycles. The molecule has 1 N–H and O–H groups in total. The summed E-state index contributed by atoms with van der Waals surface area (Å²) in [5.41, 5.74) is 2.13. The summed E-state index contributed by atoms with van der Waals surface area (Å²) in [4.78, 5) is 29.8. The Bertz CT molecular complexity index is 1260.